The van der Waals surface area contributed by atoms with Gasteiger partial charge in [0.2, 0.25) is 0 Å². The molecule has 0 bridgehead atoms. The van der Waals surface area contributed by atoms with Crippen LogP contribution in [0.1, 0.15) is 23.2 Å². The summed E-state index contributed by atoms with van der Waals surface area (Å²) in [5.74, 6) is -0.407. The van der Waals surface area contributed by atoms with Crippen LogP contribution in [-0.2, 0) is 0 Å². The molecule has 5 heteroatoms. The molecule has 1 aromatic rings. The van der Waals surface area contributed by atoms with Gasteiger partial charge in [0.05, 0.1) is 5.02 Å². The summed E-state index contributed by atoms with van der Waals surface area (Å²) in [6, 6.07) is 4.10. The van der Waals surface area contributed by atoms with E-state index in [0.717, 1.165) is 6.42 Å². The lowest BCUT2D eigenvalue weighted by atomic mass is 10.1. The normalized spacial score (nSPS) is 19.3. The first-order valence-electron chi connectivity index (χ1n) is 5.97. The zero-order valence-corrected chi connectivity index (χ0v) is 10.7. The van der Waals surface area contributed by atoms with Crippen molar-refractivity contribution in [3.63, 3.8) is 0 Å². The molecule has 1 amide bonds. The van der Waals surface area contributed by atoms with Crippen LogP contribution < -0.4 is 0 Å². The van der Waals surface area contributed by atoms with E-state index in [2.05, 4.69) is 0 Å². The van der Waals surface area contributed by atoms with Gasteiger partial charge >= 0.3 is 0 Å². The Labute approximate surface area is 110 Å². The van der Waals surface area contributed by atoms with Gasteiger partial charge in [-0.15, -0.1) is 0 Å². The molecule has 1 aromatic carbocycles. The van der Waals surface area contributed by atoms with E-state index in [1.165, 1.54) is 18.2 Å². The number of hydrogen-bond acceptors (Lipinski definition) is 2. The first-order valence-corrected chi connectivity index (χ1v) is 6.35. The summed E-state index contributed by atoms with van der Waals surface area (Å²) in [6.07, 6.45) is 1.60. The van der Waals surface area contributed by atoms with Gasteiger partial charge in [-0.3, -0.25) is 4.79 Å². The Bertz CT molecular complexity index is 453. The highest BCUT2D eigenvalue weighted by Gasteiger charge is 2.26. The predicted octanol–water partition coefficient (Wildman–Crippen LogP) is 2.32. The number of nitrogens with zero attached hydrogens (tertiary/aromatic N) is 1. The minimum absolute atomic E-state index is 0.0196. The van der Waals surface area contributed by atoms with Gasteiger partial charge in [-0.1, -0.05) is 11.6 Å². The van der Waals surface area contributed by atoms with Crippen molar-refractivity contribution in [1.82, 2.24) is 4.90 Å². The fraction of sp³-hybridized carbons (Fsp3) is 0.462. The lowest BCUT2D eigenvalue weighted by Crippen LogP contribution is -2.28. The van der Waals surface area contributed by atoms with Crippen LogP contribution in [0.4, 0.5) is 4.39 Å². The van der Waals surface area contributed by atoms with Crippen LogP contribution in [0.5, 0.6) is 0 Å². The third-order valence-electron chi connectivity index (χ3n) is 3.28. The zero-order valence-electron chi connectivity index (χ0n) is 9.90. The number of carbonyl (C=O) groups excluding carboxylic acids is 1. The maximum atomic E-state index is 13.3. The number of aliphatic hydroxyl groups excluding tert-OH is 1. The standard InChI is InChI=1S/C13H15ClFNO2/c14-11-2-1-10(7-12(11)15)13(18)16-5-3-9(8-16)4-6-17/h1-2,7,9,17H,3-6,8H2. The van der Waals surface area contributed by atoms with Crippen molar-refractivity contribution >= 4 is 17.5 Å². The first kappa shape index (κ1) is 13.3. The lowest BCUT2D eigenvalue weighted by Gasteiger charge is -2.16. The second-order valence-electron chi connectivity index (χ2n) is 4.55. The quantitative estimate of drug-likeness (QED) is 0.917. The van der Waals surface area contributed by atoms with Gasteiger partial charge in [-0.25, -0.2) is 4.39 Å². The molecule has 98 valence electrons. The van der Waals surface area contributed by atoms with E-state index in [1.807, 2.05) is 0 Å². The molecule has 0 aromatic heterocycles. The average molecular weight is 272 g/mol. The molecular weight excluding hydrogens is 257 g/mol. The van der Waals surface area contributed by atoms with Gasteiger partial charge in [-0.2, -0.15) is 0 Å². The third-order valence-corrected chi connectivity index (χ3v) is 3.58. The number of hydrogen-bond donors (Lipinski definition) is 1. The Morgan fingerprint density at radius 1 is 1.56 bits per heavy atom. The summed E-state index contributed by atoms with van der Waals surface area (Å²) in [5, 5.41) is 8.89. The van der Waals surface area contributed by atoms with E-state index >= 15 is 0 Å². The number of carbonyl (C=O) groups is 1. The van der Waals surface area contributed by atoms with Crippen molar-refractivity contribution in [3.8, 4) is 0 Å². The maximum Gasteiger partial charge on any atom is 0.253 e. The van der Waals surface area contributed by atoms with Gasteiger partial charge < -0.3 is 10.0 Å². The fourth-order valence-electron chi connectivity index (χ4n) is 2.25. The molecule has 1 heterocycles. The number of rotatable bonds is 3. The molecule has 1 N–H and O–H groups in total. The molecule has 1 atom stereocenters. The second-order valence-corrected chi connectivity index (χ2v) is 4.95. The van der Waals surface area contributed by atoms with Crippen molar-refractivity contribution in [3.05, 3.63) is 34.6 Å². The summed E-state index contributed by atoms with van der Waals surface area (Å²) in [5.41, 5.74) is 0.321. The molecule has 1 saturated heterocycles. The van der Waals surface area contributed by atoms with Gasteiger partial charge in [0.15, 0.2) is 0 Å². The summed E-state index contributed by atoms with van der Waals surface area (Å²) < 4.78 is 13.3. The van der Waals surface area contributed by atoms with Crippen LogP contribution in [-0.4, -0.2) is 35.6 Å². The predicted molar refractivity (Wildman–Crippen MR) is 67.1 cm³/mol. The number of halogens is 2. The highest BCUT2D eigenvalue weighted by Crippen LogP contribution is 2.22. The zero-order chi connectivity index (χ0) is 13.1. The molecule has 1 unspecified atom stereocenters. The van der Waals surface area contributed by atoms with Gasteiger partial charge in [0.1, 0.15) is 5.82 Å². The fourth-order valence-corrected chi connectivity index (χ4v) is 2.36. The Kier molecular flexibility index (Phi) is 4.19. The third kappa shape index (κ3) is 2.82. The molecular formula is C13H15ClFNO2. The summed E-state index contributed by atoms with van der Waals surface area (Å²) in [7, 11) is 0. The van der Waals surface area contributed by atoms with Crippen LogP contribution in [0.2, 0.25) is 5.02 Å². The minimum atomic E-state index is -0.575. The molecule has 18 heavy (non-hydrogen) atoms. The van der Waals surface area contributed by atoms with Crippen molar-refractivity contribution < 1.29 is 14.3 Å². The van der Waals surface area contributed by atoms with E-state index in [9.17, 15) is 9.18 Å². The van der Waals surface area contributed by atoms with E-state index in [4.69, 9.17) is 16.7 Å². The SMILES string of the molecule is O=C(c1ccc(Cl)c(F)c1)N1CCC(CCO)C1. The number of likely N-dealkylation sites (tertiary alicyclic amines) is 1. The van der Waals surface area contributed by atoms with Gasteiger partial charge in [0.25, 0.3) is 5.91 Å². The maximum absolute atomic E-state index is 13.3. The number of aliphatic hydroxyl groups is 1. The molecule has 1 aliphatic rings. The summed E-state index contributed by atoms with van der Waals surface area (Å²) >= 11 is 5.58. The summed E-state index contributed by atoms with van der Waals surface area (Å²) in [4.78, 5) is 13.8. The van der Waals surface area contributed by atoms with E-state index < -0.39 is 5.82 Å². The smallest absolute Gasteiger partial charge is 0.253 e. The Morgan fingerprint density at radius 2 is 2.33 bits per heavy atom. The monoisotopic (exact) mass is 271 g/mol. The second kappa shape index (κ2) is 5.67. The topological polar surface area (TPSA) is 40.5 Å². The van der Waals surface area contributed by atoms with E-state index in [0.29, 0.717) is 31.0 Å². The molecule has 1 aliphatic heterocycles. The number of amides is 1. The highest BCUT2D eigenvalue weighted by molar-refractivity contribution is 6.30. The minimum Gasteiger partial charge on any atom is -0.396 e. The average Bonchev–Trinajstić information content (AvgIpc) is 2.81. The molecule has 0 radical (unpaired) electrons. The Balaban J connectivity index is 2.05. The van der Waals surface area contributed by atoms with Gasteiger partial charge in [0, 0.05) is 25.3 Å². The van der Waals surface area contributed by atoms with Crippen LogP contribution in [0, 0.1) is 11.7 Å². The van der Waals surface area contributed by atoms with E-state index in [-0.39, 0.29) is 17.5 Å². The van der Waals surface area contributed by atoms with E-state index in [1.54, 1.807) is 4.90 Å². The molecule has 0 saturated carbocycles. The van der Waals surface area contributed by atoms with Crippen molar-refractivity contribution in [1.29, 1.82) is 0 Å². The van der Waals surface area contributed by atoms with Crippen molar-refractivity contribution in [2.75, 3.05) is 19.7 Å². The van der Waals surface area contributed by atoms with Gasteiger partial charge in [-0.05, 0) is 37.0 Å². The van der Waals surface area contributed by atoms with Crippen molar-refractivity contribution in [2.24, 2.45) is 5.92 Å². The van der Waals surface area contributed by atoms with Crippen LogP contribution in [0.25, 0.3) is 0 Å². The van der Waals surface area contributed by atoms with Crippen molar-refractivity contribution in [2.45, 2.75) is 12.8 Å². The summed E-state index contributed by atoms with van der Waals surface area (Å²) in [6.45, 7) is 1.43. The largest absolute Gasteiger partial charge is 0.396 e. The molecule has 0 spiro atoms. The van der Waals surface area contributed by atoms with Crippen LogP contribution in [0.15, 0.2) is 18.2 Å². The number of benzene rings is 1. The first-order chi connectivity index (χ1) is 8.61. The Morgan fingerprint density at radius 3 is 3.00 bits per heavy atom. The molecule has 3 nitrogen and oxygen atoms in total. The van der Waals surface area contributed by atoms with Crippen LogP contribution >= 0.6 is 11.6 Å². The lowest BCUT2D eigenvalue weighted by molar-refractivity contribution is 0.0784. The molecule has 1 fully saturated rings. The Hall–Kier alpha value is -1.13. The molecule has 0 aliphatic carbocycles. The highest BCUT2D eigenvalue weighted by atomic mass is 35.5. The van der Waals surface area contributed by atoms with Crippen LogP contribution in [0.3, 0.4) is 0 Å². The molecule has 2 rings (SSSR count).